The van der Waals surface area contributed by atoms with Crippen molar-refractivity contribution in [2.75, 3.05) is 0 Å². The molecule has 0 aromatic rings. The van der Waals surface area contributed by atoms with Gasteiger partial charge in [-0.05, 0) is 42.0 Å². The predicted octanol–water partition coefficient (Wildman–Crippen LogP) is 5.83. The molecule has 0 bridgehead atoms. The molecule has 0 N–H and O–H groups in total. The summed E-state index contributed by atoms with van der Waals surface area (Å²) >= 11 is 0. The summed E-state index contributed by atoms with van der Waals surface area (Å²) in [5.74, 6) is 0.733. The SMILES string of the molecule is CCCCCCCC1C(=O)C([Si](C)(C)C)=C2CCCC=C21. The Hall–Kier alpha value is -0.633. The van der Waals surface area contributed by atoms with E-state index in [1.165, 1.54) is 61.3 Å². The molecule has 0 heterocycles. The molecule has 0 aromatic carbocycles. The summed E-state index contributed by atoms with van der Waals surface area (Å²) in [7, 11) is -1.51. The monoisotopic (exact) mass is 304 g/mol. The Kier molecular flexibility index (Phi) is 5.65. The van der Waals surface area contributed by atoms with Crippen LogP contribution in [-0.2, 0) is 4.79 Å². The van der Waals surface area contributed by atoms with Gasteiger partial charge in [-0.1, -0.05) is 64.7 Å². The lowest BCUT2D eigenvalue weighted by atomic mass is 9.87. The van der Waals surface area contributed by atoms with Gasteiger partial charge in [-0.25, -0.2) is 0 Å². The molecule has 2 aliphatic carbocycles. The van der Waals surface area contributed by atoms with Gasteiger partial charge in [-0.15, -0.1) is 0 Å². The second-order valence-corrected chi connectivity index (χ2v) is 12.8. The summed E-state index contributed by atoms with van der Waals surface area (Å²) < 4.78 is 0. The topological polar surface area (TPSA) is 17.1 Å². The van der Waals surface area contributed by atoms with Gasteiger partial charge in [0.2, 0.25) is 0 Å². The number of fused-ring (bicyclic) bond motifs is 1. The number of hydrogen-bond donors (Lipinski definition) is 0. The first-order chi connectivity index (χ1) is 9.96. The van der Waals surface area contributed by atoms with E-state index in [0.717, 1.165) is 12.8 Å². The highest BCUT2D eigenvalue weighted by molar-refractivity contribution is 6.87. The third-order valence-electron chi connectivity index (χ3n) is 4.93. The van der Waals surface area contributed by atoms with Crippen molar-refractivity contribution < 1.29 is 4.79 Å². The maximum Gasteiger partial charge on any atom is 0.162 e. The van der Waals surface area contributed by atoms with E-state index in [1.54, 1.807) is 0 Å². The molecule has 0 radical (unpaired) electrons. The maximum absolute atomic E-state index is 13.0. The summed E-state index contributed by atoms with van der Waals surface area (Å²) in [5, 5.41) is 1.28. The third-order valence-corrected chi connectivity index (χ3v) is 6.98. The lowest BCUT2D eigenvalue weighted by Gasteiger charge is -2.20. The summed E-state index contributed by atoms with van der Waals surface area (Å²) in [6.07, 6.45) is 13.5. The summed E-state index contributed by atoms with van der Waals surface area (Å²) in [6, 6.07) is 0. The molecular weight excluding hydrogens is 272 g/mol. The predicted molar refractivity (Wildman–Crippen MR) is 94.2 cm³/mol. The zero-order valence-electron chi connectivity index (χ0n) is 14.4. The largest absolute Gasteiger partial charge is 0.294 e. The molecule has 0 amide bonds. The molecule has 1 nitrogen and oxygen atoms in total. The maximum atomic E-state index is 13.0. The molecule has 2 heteroatoms. The standard InChI is InChI=1S/C19H32OSi/c1-5-6-7-8-9-13-16-15-12-10-11-14-17(15)19(18(16)20)21(2,3)4/h12,16H,5-11,13-14H2,1-4H3. The van der Waals surface area contributed by atoms with Gasteiger partial charge in [0.15, 0.2) is 5.78 Å². The number of unbranched alkanes of at least 4 members (excludes halogenated alkanes) is 4. The Labute approximate surface area is 131 Å². The lowest BCUT2D eigenvalue weighted by molar-refractivity contribution is -0.117. The van der Waals surface area contributed by atoms with Crippen LogP contribution in [0.25, 0.3) is 0 Å². The molecule has 21 heavy (non-hydrogen) atoms. The number of ketones is 1. The second kappa shape index (κ2) is 7.08. The first kappa shape index (κ1) is 16.7. The van der Waals surface area contributed by atoms with Gasteiger partial charge in [0.05, 0.1) is 8.07 Å². The van der Waals surface area contributed by atoms with Gasteiger partial charge in [0.1, 0.15) is 0 Å². The Bertz CT molecular complexity index is 451. The van der Waals surface area contributed by atoms with Crippen LogP contribution in [-0.4, -0.2) is 13.9 Å². The molecule has 0 aromatic heterocycles. The van der Waals surface area contributed by atoms with E-state index in [-0.39, 0.29) is 5.92 Å². The molecule has 118 valence electrons. The highest BCUT2D eigenvalue weighted by Crippen LogP contribution is 2.45. The van der Waals surface area contributed by atoms with Crippen molar-refractivity contribution in [2.24, 2.45) is 5.92 Å². The van der Waals surface area contributed by atoms with Crippen LogP contribution in [0.3, 0.4) is 0 Å². The number of allylic oxidation sites excluding steroid dienone is 4. The van der Waals surface area contributed by atoms with Crippen LogP contribution < -0.4 is 0 Å². The van der Waals surface area contributed by atoms with Crippen LogP contribution in [0.4, 0.5) is 0 Å². The van der Waals surface area contributed by atoms with E-state index in [9.17, 15) is 4.79 Å². The van der Waals surface area contributed by atoms with Crippen molar-refractivity contribution in [3.05, 3.63) is 22.4 Å². The molecule has 0 aliphatic heterocycles. The lowest BCUT2D eigenvalue weighted by Crippen LogP contribution is -2.30. The van der Waals surface area contributed by atoms with E-state index in [2.05, 4.69) is 32.6 Å². The molecule has 2 aliphatic rings. The number of carbonyl (C=O) groups is 1. The van der Waals surface area contributed by atoms with Crippen LogP contribution in [0.1, 0.15) is 64.7 Å². The zero-order chi connectivity index (χ0) is 15.5. The summed E-state index contributed by atoms with van der Waals surface area (Å²) in [5.41, 5.74) is 2.92. The fourth-order valence-electron chi connectivity index (χ4n) is 3.95. The van der Waals surface area contributed by atoms with Gasteiger partial charge >= 0.3 is 0 Å². The van der Waals surface area contributed by atoms with Crippen molar-refractivity contribution in [1.29, 1.82) is 0 Å². The van der Waals surface area contributed by atoms with E-state index in [0.29, 0.717) is 5.78 Å². The van der Waals surface area contributed by atoms with Crippen molar-refractivity contribution in [1.82, 2.24) is 0 Å². The molecule has 0 fully saturated rings. The van der Waals surface area contributed by atoms with Gasteiger partial charge in [0.25, 0.3) is 0 Å². The first-order valence-electron chi connectivity index (χ1n) is 8.95. The summed E-state index contributed by atoms with van der Waals surface area (Å²) in [4.78, 5) is 13.0. The van der Waals surface area contributed by atoms with Crippen LogP contribution in [0.5, 0.6) is 0 Å². The summed E-state index contributed by atoms with van der Waals surface area (Å²) in [6.45, 7) is 9.26. The highest BCUT2D eigenvalue weighted by Gasteiger charge is 2.42. The van der Waals surface area contributed by atoms with Gasteiger partial charge < -0.3 is 0 Å². The molecule has 2 rings (SSSR count). The number of Topliss-reactive ketones (excluding diaryl/α,β-unsaturated/α-hetero) is 1. The van der Waals surface area contributed by atoms with Crippen LogP contribution in [0.15, 0.2) is 22.4 Å². The first-order valence-corrected chi connectivity index (χ1v) is 12.4. The average molecular weight is 305 g/mol. The molecule has 0 spiro atoms. The Balaban J connectivity index is 2.08. The van der Waals surface area contributed by atoms with E-state index < -0.39 is 8.07 Å². The molecule has 0 saturated heterocycles. The smallest absolute Gasteiger partial charge is 0.162 e. The second-order valence-electron chi connectivity index (χ2n) is 7.77. The Morgan fingerprint density at radius 1 is 1.14 bits per heavy atom. The van der Waals surface area contributed by atoms with Crippen molar-refractivity contribution >= 4 is 13.9 Å². The Morgan fingerprint density at radius 2 is 1.86 bits per heavy atom. The van der Waals surface area contributed by atoms with Crippen LogP contribution >= 0.6 is 0 Å². The van der Waals surface area contributed by atoms with Gasteiger partial charge in [-0.2, -0.15) is 0 Å². The van der Waals surface area contributed by atoms with Crippen LogP contribution in [0, 0.1) is 5.92 Å². The third kappa shape index (κ3) is 3.77. The van der Waals surface area contributed by atoms with E-state index >= 15 is 0 Å². The molecule has 0 saturated carbocycles. The van der Waals surface area contributed by atoms with Crippen molar-refractivity contribution in [3.63, 3.8) is 0 Å². The van der Waals surface area contributed by atoms with Crippen LogP contribution in [0.2, 0.25) is 19.6 Å². The fourth-order valence-corrected chi connectivity index (χ4v) is 6.04. The minimum atomic E-state index is -1.51. The number of hydrogen-bond acceptors (Lipinski definition) is 1. The normalized spacial score (nSPS) is 22.6. The molecule has 1 atom stereocenters. The molecule has 1 unspecified atom stereocenters. The zero-order valence-corrected chi connectivity index (χ0v) is 15.4. The fraction of sp³-hybridized carbons (Fsp3) is 0.737. The minimum Gasteiger partial charge on any atom is -0.294 e. The average Bonchev–Trinajstić information content (AvgIpc) is 2.71. The quantitative estimate of drug-likeness (QED) is 0.427. The molecular formula is C19H32OSi. The number of rotatable bonds is 7. The highest BCUT2D eigenvalue weighted by atomic mass is 28.3. The van der Waals surface area contributed by atoms with E-state index in [1.807, 2.05) is 0 Å². The van der Waals surface area contributed by atoms with Crippen molar-refractivity contribution in [3.8, 4) is 0 Å². The Morgan fingerprint density at radius 3 is 2.52 bits per heavy atom. The minimum absolute atomic E-state index is 0.226. The van der Waals surface area contributed by atoms with Crippen molar-refractivity contribution in [2.45, 2.75) is 84.4 Å². The van der Waals surface area contributed by atoms with Gasteiger partial charge in [0, 0.05) is 5.92 Å². The number of carbonyl (C=O) groups excluding carboxylic acids is 1. The van der Waals surface area contributed by atoms with Gasteiger partial charge in [-0.3, -0.25) is 4.79 Å². The van der Waals surface area contributed by atoms with E-state index in [4.69, 9.17) is 0 Å².